The van der Waals surface area contributed by atoms with Gasteiger partial charge >= 0.3 is 21.6 Å². The van der Waals surface area contributed by atoms with Crippen LogP contribution in [-0.4, -0.2) is 50.4 Å². The summed E-state index contributed by atoms with van der Waals surface area (Å²) in [6, 6.07) is 15.2. The van der Waals surface area contributed by atoms with Gasteiger partial charge in [-0.3, -0.25) is 0 Å². The average molecular weight is 857 g/mol. The Labute approximate surface area is 310 Å². The Morgan fingerprint density at radius 3 is 2.33 bits per heavy atom. The van der Waals surface area contributed by atoms with Gasteiger partial charge in [-0.1, -0.05) is 63.1 Å². The first-order valence-corrected chi connectivity index (χ1v) is 18.9. The van der Waals surface area contributed by atoms with Gasteiger partial charge in [-0.25, -0.2) is 4.79 Å². The molecule has 1 N–H and O–H groups in total. The summed E-state index contributed by atoms with van der Waals surface area (Å²) >= 11 is 6.92. The normalized spacial score (nSPS) is 19.4. The lowest BCUT2D eigenvalue weighted by molar-refractivity contribution is -0.183. The molecule has 272 valence electrons. The molecule has 1 aliphatic carbocycles. The van der Waals surface area contributed by atoms with E-state index in [1.807, 2.05) is 51.1 Å². The first kappa shape index (κ1) is 38.9. The topological polar surface area (TPSA) is 108 Å². The Balaban J connectivity index is 1.72. The zero-order chi connectivity index (χ0) is 37.4. The highest BCUT2D eigenvalue weighted by atomic mass is 79.9. The number of aliphatic hydroxyl groups is 1. The van der Waals surface area contributed by atoms with Crippen molar-refractivity contribution in [3.63, 3.8) is 0 Å². The second kappa shape index (κ2) is 15.0. The van der Waals surface area contributed by atoms with Crippen LogP contribution in [0.3, 0.4) is 0 Å². The van der Waals surface area contributed by atoms with Crippen molar-refractivity contribution < 1.29 is 49.9 Å². The van der Waals surface area contributed by atoms with Crippen molar-refractivity contribution in [3.8, 4) is 5.75 Å². The molecule has 14 heteroatoms. The molecule has 0 amide bonds. The maximum Gasteiger partial charge on any atom is 0.534 e. The van der Waals surface area contributed by atoms with Gasteiger partial charge in [0.05, 0.1) is 19.8 Å². The van der Waals surface area contributed by atoms with E-state index in [1.165, 1.54) is 18.2 Å². The van der Waals surface area contributed by atoms with Crippen molar-refractivity contribution in [1.29, 1.82) is 0 Å². The third-order valence-electron chi connectivity index (χ3n) is 8.75. The van der Waals surface area contributed by atoms with E-state index < -0.39 is 51.8 Å². The van der Waals surface area contributed by atoms with Gasteiger partial charge < -0.3 is 23.5 Å². The van der Waals surface area contributed by atoms with E-state index in [0.29, 0.717) is 27.4 Å². The van der Waals surface area contributed by atoms with Crippen LogP contribution in [0.2, 0.25) is 0 Å². The van der Waals surface area contributed by atoms with Crippen LogP contribution in [0.25, 0.3) is 21.5 Å². The number of hydrogen-bond donors (Lipinski definition) is 1. The quantitative estimate of drug-likeness (QED) is 0.0856. The standard InChI is InChI=1S/C37H35Br2F3O8S/c1-5-27-8-7-13-35(44,21-47-20-33(43)48-6-2)36(27,34-22(3)14-25-9-10-29(39)18-31(25)23(34)4)49-19-24-15-26-17-28(38)11-12-30(26)32(16-24)50-51(45,46)37(40,41)42/h7-18,44H,5-6,19-21H2,1-4H3. The summed E-state index contributed by atoms with van der Waals surface area (Å²) in [6.45, 7) is 6.33. The number of benzene rings is 4. The van der Waals surface area contributed by atoms with Crippen molar-refractivity contribution >= 4 is 69.5 Å². The molecule has 5 rings (SSSR count). The van der Waals surface area contributed by atoms with E-state index in [0.717, 1.165) is 26.4 Å². The van der Waals surface area contributed by atoms with Crippen LogP contribution in [0.5, 0.6) is 5.75 Å². The number of rotatable bonds is 12. The Hall–Kier alpha value is -3.27. The summed E-state index contributed by atoms with van der Waals surface area (Å²) in [6.07, 6.45) is 5.43. The largest absolute Gasteiger partial charge is 0.534 e. The molecule has 0 fully saturated rings. The van der Waals surface area contributed by atoms with Gasteiger partial charge in [-0.2, -0.15) is 21.6 Å². The van der Waals surface area contributed by atoms with Crippen molar-refractivity contribution in [2.24, 2.45) is 0 Å². The Kier molecular flexibility index (Phi) is 11.5. The molecule has 0 saturated carbocycles. The SMILES string of the molecule is CCOC(=O)COCC1(O)C=CC=C(CC)C1(OCc1cc(OS(=O)(=O)C(F)(F)F)c2ccc(Br)cc2c1)c1c(C)cc2ccc(Br)cc2c1C. The van der Waals surface area contributed by atoms with Gasteiger partial charge in [0, 0.05) is 14.3 Å². The minimum Gasteiger partial charge on any atom is -0.464 e. The summed E-state index contributed by atoms with van der Waals surface area (Å²) in [5, 5.41) is 15.1. The van der Waals surface area contributed by atoms with Crippen LogP contribution in [0, 0.1) is 13.8 Å². The molecule has 0 aromatic heterocycles. The van der Waals surface area contributed by atoms with E-state index in [1.54, 1.807) is 31.2 Å². The van der Waals surface area contributed by atoms with Crippen LogP contribution in [-0.2, 0) is 41.3 Å². The van der Waals surface area contributed by atoms with Crippen molar-refractivity contribution in [3.05, 3.63) is 110 Å². The molecular formula is C37H35Br2F3O8S. The molecule has 4 aromatic rings. The minimum absolute atomic E-state index is 0.120. The summed E-state index contributed by atoms with van der Waals surface area (Å²) in [5.74, 6) is -1.17. The second-order valence-corrected chi connectivity index (χ2v) is 15.5. The first-order chi connectivity index (χ1) is 24.0. The Bertz CT molecular complexity index is 2170. The molecule has 4 aromatic carbocycles. The molecule has 0 heterocycles. The van der Waals surface area contributed by atoms with Crippen LogP contribution in [0.15, 0.2) is 87.3 Å². The summed E-state index contributed by atoms with van der Waals surface area (Å²) in [4.78, 5) is 12.2. The third-order valence-corrected chi connectivity index (χ3v) is 10.7. The fourth-order valence-corrected chi connectivity index (χ4v) is 7.85. The fraction of sp³-hybridized carbons (Fsp3) is 0.324. The van der Waals surface area contributed by atoms with Crippen molar-refractivity contribution in [1.82, 2.24) is 0 Å². The van der Waals surface area contributed by atoms with E-state index in [-0.39, 0.29) is 24.2 Å². The van der Waals surface area contributed by atoms with Crippen LogP contribution in [0.1, 0.15) is 42.5 Å². The number of fused-ring (bicyclic) bond motifs is 2. The Morgan fingerprint density at radius 1 is 0.941 bits per heavy atom. The number of aryl methyl sites for hydroxylation is 2. The fourth-order valence-electron chi connectivity index (χ4n) is 6.64. The van der Waals surface area contributed by atoms with Gasteiger partial charge in [-0.15, -0.1) is 0 Å². The molecule has 2 unspecified atom stereocenters. The number of ether oxygens (including phenoxy) is 3. The van der Waals surface area contributed by atoms with Crippen LogP contribution in [0.4, 0.5) is 13.2 Å². The van der Waals surface area contributed by atoms with Gasteiger partial charge in [0.15, 0.2) is 5.75 Å². The highest BCUT2D eigenvalue weighted by Crippen LogP contribution is 2.52. The zero-order valence-corrected chi connectivity index (χ0v) is 32.1. The molecule has 1 aliphatic rings. The predicted molar refractivity (Wildman–Crippen MR) is 195 cm³/mol. The second-order valence-electron chi connectivity index (χ2n) is 12.1. The summed E-state index contributed by atoms with van der Waals surface area (Å²) in [7, 11) is -6.02. The average Bonchev–Trinajstić information content (AvgIpc) is 3.04. The highest BCUT2D eigenvalue weighted by Gasteiger charge is 2.56. The number of hydrogen-bond acceptors (Lipinski definition) is 8. The van der Waals surface area contributed by atoms with Gasteiger partial charge in [0.1, 0.15) is 17.8 Å². The van der Waals surface area contributed by atoms with Crippen molar-refractivity contribution in [2.75, 3.05) is 19.8 Å². The van der Waals surface area contributed by atoms with E-state index in [4.69, 9.17) is 14.2 Å². The monoisotopic (exact) mass is 854 g/mol. The van der Waals surface area contributed by atoms with Crippen LogP contribution >= 0.6 is 31.9 Å². The van der Waals surface area contributed by atoms with Crippen LogP contribution < -0.4 is 4.18 Å². The number of esters is 1. The molecule has 0 radical (unpaired) electrons. The zero-order valence-electron chi connectivity index (χ0n) is 28.1. The van der Waals surface area contributed by atoms with E-state index >= 15 is 0 Å². The predicted octanol–water partition coefficient (Wildman–Crippen LogP) is 8.99. The first-order valence-electron chi connectivity index (χ1n) is 15.9. The Morgan fingerprint density at radius 2 is 1.65 bits per heavy atom. The maximum atomic E-state index is 13.5. The molecule has 0 bridgehead atoms. The number of allylic oxidation sites excluding steroid dienone is 2. The highest BCUT2D eigenvalue weighted by molar-refractivity contribution is 9.10. The van der Waals surface area contributed by atoms with E-state index in [2.05, 4.69) is 36.0 Å². The smallest absolute Gasteiger partial charge is 0.464 e. The maximum absolute atomic E-state index is 13.5. The van der Waals surface area contributed by atoms with Gasteiger partial charge in [-0.05, 0) is 120 Å². The van der Waals surface area contributed by atoms with E-state index in [9.17, 15) is 31.5 Å². The molecule has 2 atom stereocenters. The lowest BCUT2D eigenvalue weighted by atomic mass is 9.66. The number of carbonyl (C=O) groups is 1. The van der Waals surface area contributed by atoms with Crippen molar-refractivity contribution in [2.45, 2.75) is 57.4 Å². The molecule has 8 nitrogen and oxygen atoms in total. The molecule has 51 heavy (non-hydrogen) atoms. The lowest BCUT2D eigenvalue weighted by Gasteiger charge is -2.50. The molecular weight excluding hydrogens is 821 g/mol. The molecule has 0 spiro atoms. The molecule has 0 saturated heterocycles. The third kappa shape index (κ3) is 7.63. The van der Waals surface area contributed by atoms with Gasteiger partial charge in [0.2, 0.25) is 0 Å². The number of halogens is 5. The summed E-state index contributed by atoms with van der Waals surface area (Å²) < 4.78 is 88.5. The van der Waals surface area contributed by atoms with Gasteiger partial charge in [0.25, 0.3) is 0 Å². The minimum atomic E-state index is -6.02. The number of alkyl halides is 3. The molecule has 0 aliphatic heterocycles. The summed E-state index contributed by atoms with van der Waals surface area (Å²) in [5.41, 5.74) is -6.21. The lowest BCUT2D eigenvalue weighted by Crippen LogP contribution is -2.58. The number of carbonyl (C=O) groups excluding carboxylic acids is 1.